The SMILES string of the molecule is CCOC(=O)N1CCN(C(=O)C2CCN(S(=O)(=O)c3ccc(Cl)c(C(F)(F)F)c3)CC2)CC1. The van der Waals surface area contributed by atoms with E-state index in [4.69, 9.17) is 16.3 Å². The number of hydrogen-bond acceptors (Lipinski definition) is 5. The molecule has 0 unspecified atom stereocenters. The zero-order valence-electron chi connectivity index (χ0n) is 18.0. The highest BCUT2D eigenvalue weighted by Gasteiger charge is 2.38. The fourth-order valence-corrected chi connectivity index (χ4v) is 5.68. The lowest BCUT2D eigenvalue weighted by Crippen LogP contribution is -2.53. The van der Waals surface area contributed by atoms with E-state index in [-0.39, 0.29) is 44.4 Å². The Hall–Kier alpha value is -2.05. The number of rotatable bonds is 4. The zero-order chi connectivity index (χ0) is 24.4. The Kier molecular flexibility index (Phi) is 7.80. The number of alkyl halides is 3. The molecule has 0 atom stereocenters. The topological polar surface area (TPSA) is 87.2 Å². The number of carbonyl (C=O) groups is 2. The van der Waals surface area contributed by atoms with E-state index >= 15 is 0 Å². The predicted octanol–water partition coefficient (Wildman–Crippen LogP) is 3.06. The van der Waals surface area contributed by atoms with Crippen LogP contribution in [-0.2, 0) is 25.7 Å². The smallest absolute Gasteiger partial charge is 0.417 e. The number of benzene rings is 1. The normalized spacial score (nSPS) is 18.9. The number of hydrogen-bond donors (Lipinski definition) is 0. The maximum absolute atomic E-state index is 13.1. The Bertz CT molecular complexity index is 989. The highest BCUT2D eigenvalue weighted by Crippen LogP contribution is 2.37. The Morgan fingerprint density at radius 1 is 1.06 bits per heavy atom. The van der Waals surface area contributed by atoms with E-state index in [9.17, 15) is 31.2 Å². The first-order chi connectivity index (χ1) is 15.4. The van der Waals surface area contributed by atoms with Crippen molar-refractivity contribution >= 4 is 33.6 Å². The van der Waals surface area contributed by atoms with Crippen LogP contribution in [0.1, 0.15) is 25.3 Å². The second kappa shape index (κ2) is 10.1. The maximum Gasteiger partial charge on any atom is 0.417 e. The van der Waals surface area contributed by atoms with Crippen molar-refractivity contribution in [1.82, 2.24) is 14.1 Å². The first kappa shape index (κ1) is 25.6. The highest BCUT2D eigenvalue weighted by molar-refractivity contribution is 7.89. The third kappa shape index (κ3) is 5.72. The van der Waals surface area contributed by atoms with Gasteiger partial charge in [0.1, 0.15) is 0 Å². The third-order valence-corrected chi connectivity index (χ3v) is 8.03. The molecule has 2 aliphatic rings. The molecule has 3 rings (SSSR count). The second-order valence-electron chi connectivity index (χ2n) is 7.83. The average Bonchev–Trinajstić information content (AvgIpc) is 2.78. The molecule has 0 aromatic heterocycles. The number of piperazine rings is 1. The first-order valence-corrected chi connectivity index (χ1v) is 12.3. The van der Waals surface area contributed by atoms with Gasteiger partial charge in [0.15, 0.2) is 0 Å². The molecule has 0 saturated carbocycles. The van der Waals surface area contributed by atoms with Crippen molar-refractivity contribution in [3.8, 4) is 0 Å². The van der Waals surface area contributed by atoms with Crippen molar-refractivity contribution in [2.75, 3.05) is 45.9 Å². The molecule has 2 saturated heterocycles. The van der Waals surface area contributed by atoms with Crippen molar-refractivity contribution in [3.63, 3.8) is 0 Å². The van der Waals surface area contributed by atoms with Crippen LogP contribution in [0.5, 0.6) is 0 Å². The van der Waals surface area contributed by atoms with Gasteiger partial charge in [0.2, 0.25) is 15.9 Å². The van der Waals surface area contributed by atoms with Gasteiger partial charge in [0.25, 0.3) is 0 Å². The van der Waals surface area contributed by atoms with Crippen LogP contribution in [0.2, 0.25) is 5.02 Å². The van der Waals surface area contributed by atoms with Crippen molar-refractivity contribution in [3.05, 3.63) is 28.8 Å². The largest absolute Gasteiger partial charge is 0.450 e. The summed E-state index contributed by atoms with van der Waals surface area (Å²) in [4.78, 5) is 27.3. The summed E-state index contributed by atoms with van der Waals surface area (Å²) in [6.07, 6.45) is -4.68. The predicted molar refractivity (Wildman–Crippen MR) is 113 cm³/mol. The Morgan fingerprint density at radius 2 is 1.64 bits per heavy atom. The lowest BCUT2D eigenvalue weighted by atomic mass is 9.96. The quantitative estimate of drug-likeness (QED) is 0.620. The van der Waals surface area contributed by atoms with Gasteiger partial charge in [-0.05, 0) is 38.0 Å². The maximum atomic E-state index is 13.1. The van der Waals surface area contributed by atoms with Crippen LogP contribution < -0.4 is 0 Å². The molecule has 2 amide bonds. The monoisotopic (exact) mass is 511 g/mol. The van der Waals surface area contributed by atoms with Crippen LogP contribution in [0.15, 0.2) is 23.1 Å². The fraction of sp³-hybridized carbons (Fsp3) is 0.600. The molecule has 0 N–H and O–H groups in total. The van der Waals surface area contributed by atoms with Crippen LogP contribution in [-0.4, -0.2) is 80.4 Å². The summed E-state index contributed by atoms with van der Waals surface area (Å²) in [5.41, 5.74) is -1.21. The van der Waals surface area contributed by atoms with Gasteiger partial charge < -0.3 is 14.5 Å². The average molecular weight is 512 g/mol. The minimum absolute atomic E-state index is 0.0194. The molecule has 1 aromatic rings. The fourth-order valence-electron chi connectivity index (χ4n) is 3.96. The summed E-state index contributed by atoms with van der Waals surface area (Å²) < 4.78 is 71.2. The standard InChI is InChI=1S/C20H25ClF3N3O5S/c1-2-32-19(29)26-11-9-25(10-12-26)18(28)14-5-7-27(8-6-14)33(30,31)15-3-4-17(21)16(13-15)20(22,23)24/h3-4,13-14H,2,5-12H2,1H3. The van der Waals surface area contributed by atoms with E-state index in [0.29, 0.717) is 32.2 Å². The summed E-state index contributed by atoms with van der Waals surface area (Å²) in [7, 11) is -4.17. The molecule has 2 heterocycles. The lowest BCUT2D eigenvalue weighted by Gasteiger charge is -2.38. The summed E-state index contributed by atoms with van der Waals surface area (Å²) in [5, 5.41) is -0.575. The molecule has 2 aliphatic heterocycles. The molecule has 8 nitrogen and oxygen atoms in total. The summed E-state index contributed by atoms with van der Waals surface area (Å²) in [5.74, 6) is -0.497. The number of carbonyl (C=O) groups excluding carboxylic acids is 2. The van der Waals surface area contributed by atoms with Gasteiger partial charge in [-0.1, -0.05) is 11.6 Å². The van der Waals surface area contributed by atoms with Gasteiger partial charge in [0.05, 0.1) is 22.1 Å². The minimum Gasteiger partial charge on any atom is -0.450 e. The van der Waals surface area contributed by atoms with Gasteiger partial charge in [-0.2, -0.15) is 17.5 Å². The van der Waals surface area contributed by atoms with Gasteiger partial charge in [-0.25, -0.2) is 13.2 Å². The van der Waals surface area contributed by atoms with Crippen LogP contribution in [0.25, 0.3) is 0 Å². The van der Waals surface area contributed by atoms with Gasteiger partial charge in [-0.15, -0.1) is 0 Å². The van der Waals surface area contributed by atoms with Crippen molar-refractivity contribution in [2.24, 2.45) is 5.92 Å². The number of ether oxygens (including phenoxy) is 1. The summed E-state index contributed by atoms with van der Waals surface area (Å²) in [6, 6.07) is 2.51. The molecule has 0 spiro atoms. The number of sulfonamides is 1. The van der Waals surface area contributed by atoms with Crippen LogP contribution in [0, 0.1) is 5.92 Å². The Labute approximate surface area is 195 Å². The van der Waals surface area contributed by atoms with E-state index in [1.54, 1.807) is 11.8 Å². The molecule has 0 bridgehead atoms. The molecule has 2 fully saturated rings. The van der Waals surface area contributed by atoms with E-state index in [2.05, 4.69) is 0 Å². The number of nitrogens with zero attached hydrogens (tertiary/aromatic N) is 3. The van der Waals surface area contributed by atoms with Crippen molar-refractivity contribution in [2.45, 2.75) is 30.8 Å². The molecule has 0 radical (unpaired) electrons. The zero-order valence-corrected chi connectivity index (χ0v) is 19.5. The summed E-state index contributed by atoms with van der Waals surface area (Å²) in [6.45, 7) is 3.46. The van der Waals surface area contributed by atoms with Crippen molar-refractivity contribution in [1.29, 1.82) is 0 Å². The second-order valence-corrected chi connectivity index (χ2v) is 10.2. The Morgan fingerprint density at radius 3 is 2.18 bits per heavy atom. The number of piperidine rings is 1. The van der Waals surface area contributed by atoms with E-state index < -0.39 is 37.8 Å². The van der Waals surface area contributed by atoms with Crippen LogP contribution >= 0.6 is 11.6 Å². The van der Waals surface area contributed by atoms with Gasteiger partial charge in [-0.3, -0.25) is 4.79 Å². The highest BCUT2D eigenvalue weighted by atomic mass is 35.5. The van der Waals surface area contributed by atoms with Gasteiger partial charge >= 0.3 is 12.3 Å². The number of halogens is 4. The molecule has 1 aromatic carbocycles. The first-order valence-electron chi connectivity index (χ1n) is 10.5. The third-order valence-electron chi connectivity index (χ3n) is 5.80. The van der Waals surface area contributed by atoms with Crippen LogP contribution in [0.4, 0.5) is 18.0 Å². The molecular weight excluding hydrogens is 487 g/mol. The Balaban J connectivity index is 1.60. The van der Waals surface area contributed by atoms with E-state index in [1.807, 2.05) is 0 Å². The minimum atomic E-state index is -4.78. The molecular formula is C20H25ClF3N3O5S. The van der Waals surface area contributed by atoms with Crippen LogP contribution in [0.3, 0.4) is 0 Å². The van der Waals surface area contributed by atoms with E-state index in [0.717, 1.165) is 16.4 Å². The molecule has 13 heteroatoms. The molecule has 33 heavy (non-hydrogen) atoms. The molecule has 184 valence electrons. The van der Waals surface area contributed by atoms with E-state index in [1.165, 1.54) is 4.90 Å². The molecule has 0 aliphatic carbocycles. The number of amides is 2. The van der Waals surface area contributed by atoms with Gasteiger partial charge in [0, 0.05) is 45.2 Å². The van der Waals surface area contributed by atoms with Crippen molar-refractivity contribution < 1.29 is 35.9 Å². The summed E-state index contributed by atoms with van der Waals surface area (Å²) >= 11 is 5.59. The lowest BCUT2D eigenvalue weighted by molar-refractivity contribution is -0.138.